The van der Waals surface area contributed by atoms with Gasteiger partial charge in [-0.1, -0.05) is 41.4 Å². The molecule has 1 heterocycles. The molecule has 0 radical (unpaired) electrons. The number of hydrogen-bond acceptors (Lipinski definition) is 3. The van der Waals surface area contributed by atoms with Crippen molar-refractivity contribution < 1.29 is 9.90 Å². The van der Waals surface area contributed by atoms with Gasteiger partial charge < -0.3 is 10.8 Å². The molecule has 136 valence electrons. The van der Waals surface area contributed by atoms with Gasteiger partial charge in [0.1, 0.15) is 0 Å². The van der Waals surface area contributed by atoms with Crippen LogP contribution in [-0.4, -0.2) is 20.9 Å². The van der Waals surface area contributed by atoms with Crippen LogP contribution in [0.4, 0.5) is 5.69 Å². The zero-order valence-electron chi connectivity index (χ0n) is 14.4. The average molecular weight is 392 g/mol. The van der Waals surface area contributed by atoms with Gasteiger partial charge in [-0.05, 0) is 49.7 Å². The lowest BCUT2D eigenvalue weighted by Gasteiger charge is -2.08. The fourth-order valence-corrected chi connectivity index (χ4v) is 2.79. The summed E-state index contributed by atoms with van der Waals surface area (Å²) in [4.78, 5) is 10.8. The Labute approximate surface area is 162 Å². The van der Waals surface area contributed by atoms with Crippen molar-refractivity contribution in [3.63, 3.8) is 0 Å². The first kappa shape index (κ1) is 19.8. The van der Waals surface area contributed by atoms with Gasteiger partial charge in [0.25, 0.3) is 0 Å². The molecule has 3 rings (SSSR count). The van der Waals surface area contributed by atoms with Gasteiger partial charge in [-0.25, -0.2) is 4.79 Å². The van der Waals surface area contributed by atoms with E-state index in [1.807, 2.05) is 31.2 Å². The Morgan fingerprint density at radius 2 is 1.73 bits per heavy atom. The van der Waals surface area contributed by atoms with Crippen LogP contribution in [-0.2, 0) is 6.54 Å². The van der Waals surface area contributed by atoms with E-state index in [0.29, 0.717) is 16.6 Å². The second kappa shape index (κ2) is 8.74. The number of anilines is 1. The Hall–Kier alpha value is -2.50. The summed E-state index contributed by atoms with van der Waals surface area (Å²) in [7, 11) is 0. The summed E-state index contributed by atoms with van der Waals surface area (Å²) in [6, 6.07) is 14.5. The van der Waals surface area contributed by atoms with Gasteiger partial charge >= 0.3 is 5.97 Å². The molecule has 7 heteroatoms. The number of nitrogens with two attached hydrogens (primary N) is 1. The average Bonchev–Trinajstić information content (AvgIpc) is 2.93. The molecule has 3 N–H and O–H groups in total. The Kier molecular flexibility index (Phi) is 6.66. The minimum Gasteiger partial charge on any atom is -0.476 e. The molecule has 0 saturated heterocycles. The zero-order chi connectivity index (χ0) is 19.3. The highest BCUT2D eigenvalue weighted by atomic mass is 35.5. The highest BCUT2D eigenvalue weighted by molar-refractivity contribution is 6.35. The molecule has 0 bridgehead atoms. The van der Waals surface area contributed by atoms with E-state index in [0.717, 1.165) is 16.9 Å². The second-order valence-electron chi connectivity index (χ2n) is 5.75. The molecule has 26 heavy (non-hydrogen) atoms. The molecule has 0 aliphatic rings. The number of aromatic nitrogens is 2. The molecule has 2 aromatic carbocycles. The van der Waals surface area contributed by atoms with Crippen LogP contribution in [0, 0.1) is 13.8 Å². The summed E-state index contributed by atoms with van der Waals surface area (Å²) in [5, 5.41) is 13.9. The summed E-state index contributed by atoms with van der Waals surface area (Å²) >= 11 is 12.1. The summed E-state index contributed by atoms with van der Waals surface area (Å²) in [6.07, 6.45) is 0. The van der Waals surface area contributed by atoms with Gasteiger partial charge in [0.15, 0.2) is 5.69 Å². The molecule has 0 atom stereocenters. The number of carboxylic acids is 1. The van der Waals surface area contributed by atoms with Crippen molar-refractivity contribution in [1.82, 2.24) is 9.78 Å². The monoisotopic (exact) mass is 391 g/mol. The first-order chi connectivity index (χ1) is 12.3. The maximum atomic E-state index is 10.8. The number of carbonyl (C=O) groups is 1. The number of aromatic carboxylic acids is 1. The van der Waals surface area contributed by atoms with Crippen molar-refractivity contribution >= 4 is 34.9 Å². The SMILES string of the molecule is Cc1cc(C(=O)O)nn1Cc1c(Cl)cccc1Cl.Cc1cccc(N)c1. The number of aryl methyl sites for hydroxylation is 2. The number of benzene rings is 2. The van der Waals surface area contributed by atoms with E-state index in [1.165, 1.54) is 11.6 Å². The topological polar surface area (TPSA) is 81.1 Å². The molecular formula is C19H19Cl2N3O2. The second-order valence-corrected chi connectivity index (χ2v) is 6.56. The largest absolute Gasteiger partial charge is 0.476 e. The predicted octanol–water partition coefficient (Wildman–Crippen LogP) is 4.82. The normalized spacial score (nSPS) is 10.2. The van der Waals surface area contributed by atoms with Crippen molar-refractivity contribution in [2.24, 2.45) is 0 Å². The Balaban J connectivity index is 0.000000254. The lowest BCUT2D eigenvalue weighted by molar-refractivity contribution is 0.0689. The summed E-state index contributed by atoms with van der Waals surface area (Å²) in [5.74, 6) is -1.05. The maximum absolute atomic E-state index is 10.8. The van der Waals surface area contributed by atoms with Gasteiger partial charge in [0.05, 0.1) is 6.54 Å². The van der Waals surface area contributed by atoms with Crippen LogP contribution in [0.25, 0.3) is 0 Å². The maximum Gasteiger partial charge on any atom is 0.356 e. The van der Waals surface area contributed by atoms with E-state index in [-0.39, 0.29) is 5.69 Å². The molecule has 0 unspecified atom stereocenters. The van der Waals surface area contributed by atoms with Crippen LogP contribution in [0.5, 0.6) is 0 Å². The number of nitrogens with zero attached hydrogens (tertiary/aromatic N) is 2. The highest BCUT2D eigenvalue weighted by Crippen LogP contribution is 2.25. The van der Waals surface area contributed by atoms with Crippen molar-refractivity contribution in [2.45, 2.75) is 20.4 Å². The predicted molar refractivity (Wildman–Crippen MR) is 105 cm³/mol. The standard InChI is InChI=1S/C12H10Cl2N2O2.C7H9N/c1-7-5-11(12(17)18)15-16(7)6-8-9(13)3-2-4-10(8)14;1-6-3-2-4-7(8)5-6/h2-5H,6H2,1H3,(H,17,18);2-5H,8H2,1H3. The number of halogens is 2. The van der Waals surface area contributed by atoms with Crippen LogP contribution in [0.3, 0.4) is 0 Å². The Morgan fingerprint density at radius 3 is 2.19 bits per heavy atom. The first-order valence-electron chi connectivity index (χ1n) is 7.80. The van der Waals surface area contributed by atoms with E-state index < -0.39 is 5.97 Å². The van der Waals surface area contributed by atoms with Gasteiger partial charge in [-0.3, -0.25) is 4.68 Å². The Bertz CT molecular complexity index is 885. The molecule has 0 aliphatic heterocycles. The molecule has 0 spiro atoms. The first-order valence-corrected chi connectivity index (χ1v) is 8.56. The lowest BCUT2D eigenvalue weighted by Crippen LogP contribution is -2.06. The zero-order valence-corrected chi connectivity index (χ0v) is 15.9. The summed E-state index contributed by atoms with van der Waals surface area (Å²) < 4.78 is 1.57. The molecule has 1 aromatic heterocycles. The van der Waals surface area contributed by atoms with Crippen molar-refractivity contribution in [3.05, 3.63) is 81.1 Å². The minimum absolute atomic E-state index is 0.00989. The Morgan fingerprint density at radius 1 is 1.12 bits per heavy atom. The van der Waals surface area contributed by atoms with E-state index in [4.69, 9.17) is 34.0 Å². The third-order valence-electron chi connectivity index (χ3n) is 3.61. The fraction of sp³-hybridized carbons (Fsp3) is 0.158. The van der Waals surface area contributed by atoms with Crippen LogP contribution >= 0.6 is 23.2 Å². The van der Waals surface area contributed by atoms with Crippen LogP contribution in [0.15, 0.2) is 48.5 Å². The molecule has 5 nitrogen and oxygen atoms in total. The van der Waals surface area contributed by atoms with Crippen molar-refractivity contribution in [3.8, 4) is 0 Å². The minimum atomic E-state index is -1.05. The quantitative estimate of drug-likeness (QED) is 0.626. The molecule has 0 amide bonds. The smallest absolute Gasteiger partial charge is 0.356 e. The number of hydrogen-bond donors (Lipinski definition) is 2. The van der Waals surface area contributed by atoms with E-state index in [1.54, 1.807) is 29.8 Å². The molecule has 3 aromatic rings. The fourth-order valence-electron chi connectivity index (χ4n) is 2.28. The van der Waals surface area contributed by atoms with Crippen LogP contribution < -0.4 is 5.73 Å². The van der Waals surface area contributed by atoms with Crippen LogP contribution in [0.2, 0.25) is 10.0 Å². The van der Waals surface area contributed by atoms with Crippen molar-refractivity contribution in [1.29, 1.82) is 0 Å². The van der Waals surface area contributed by atoms with Crippen molar-refractivity contribution in [2.75, 3.05) is 5.73 Å². The van der Waals surface area contributed by atoms with Gasteiger partial charge in [-0.2, -0.15) is 5.10 Å². The lowest BCUT2D eigenvalue weighted by atomic mass is 10.2. The van der Waals surface area contributed by atoms with E-state index >= 15 is 0 Å². The third kappa shape index (κ3) is 5.25. The van der Waals surface area contributed by atoms with E-state index in [2.05, 4.69) is 5.10 Å². The van der Waals surface area contributed by atoms with Crippen LogP contribution in [0.1, 0.15) is 27.3 Å². The molecule has 0 aliphatic carbocycles. The van der Waals surface area contributed by atoms with E-state index in [9.17, 15) is 4.79 Å². The highest BCUT2D eigenvalue weighted by Gasteiger charge is 2.13. The number of rotatable bonds is 3. The molecule has 0 fully saturated rings. The molecule has 0 saturated carbocycles. The van der Waals surface area contributed by atoms with Gasteiger partial charge in [0.2, 0.25) is 0 Å². The van der Waals surface area contributed by atoms with Gasteiger partial charge in [-0.15, -0.1) is 0 Å². The van der Waals surface area contributed by atoms with Gasteiger partial charge in [0, 0.05) is 27.0 Å². The molecular weight excluding hydrogens is 373 g/mol. The number of carboxylic acid groups (broad SMARTS) is 1. The summed E-state index contributed by atoms with van der Waals surface area (Å²) in [6.45, 7) is 4.15. The third-order valence-corrected chi connectivity index (χ3v) is 4.32. The number of nitrogen functional groups attached to an aromatic ring is 1. The summed E-state index contributed by atoms with van der Waals surface area (Å²) in [5.41, 5.74) is 8.98.